The summed E-state index contributed by atoms with van der Waals surface area (Å²) in [5.41, 5.74) is -1.37. The first-order valence-corrected chi connectivity index (χ1v) is 16.5. The zero-order chi connectivity index (χ0) is 36.4. The monoisotopic (exact) mass is 796 g/mol. The summed E-state index contributed by atoms with van der Waals surface area (Å²) in [5.74, 6) is -22.8. The Morgan fingerprint density at radius 2 is 1.44 bits per heavy atom. The van der Waals surface area contributed by atoms with Gasteiger partial charge in [-0.05, 0) is 68.1 Å². The van der Waals surface area contributed by atoms with Crippen LogP contribution in [-0.2, 0) is 19.2 Å². The summed E-state index contributed by atoms with van der Waals surface area (Å²) in [5, 5.41) is 11.1. The molecule has 2 aliphatic heterocycles. The fourth-order valence-corrected chi connectivity index (χ4v) is 9.07. The molecule has 2 saturated heterocycles. The van der Waals surface area contributed by atoms with Gasteiger partial charge < -0.3 is 5.11 Å². The molecule has 4 aliphatic rings. The lowest BCUT2D eigenvalue weighted by molar-refractivity contribution is -0.125. The molecule has 0 radical (unpaired) electrons. The van der Waals surface area contributed by atoms with Crippen LogP contribution in [0.15, 0.2) is 58.6 Å². The molecule has 0 spiro atoms. The molecule has 6 atom stereocenters. The average molecular weight is 798 g/mol. The number of hydrogen-bond donors (Lipinski definition) is 1. The third kappa shape index (κ3) is 4.37. The number of halogens is 8. The van der Waals surface area contributed by atoms with Crippen LogP contribution >= 0.6 is 39.1 Å². The average Bonchev–Trinajstić information content (AvgIpc) is 3.42. The molecule has 2 aliphatic carbocycles. The van der Waals surface area contributed by atoms with Gasteiger partial charge in [0.15, 0.2) is 38.8 Å². The van der Waals surface area contributed by atoms with Crippen molar-refractivity contribution in [2.75, 3.05) is 9.80 Å². The molecule has 4 amide bonds. The smallest absolute Gasteiger partial charge is 0.258 e. The predicted molar refractivity (Wildman–Crippen MR) is 171 cm³/mol. The van der Waals surface area contributed by atoms with Crippen molar-refractivity contribution in [1.82, 2.24) is 0 Å². The van der Waals surface area contributed by atoms with Crippen LogP contribution in [0.5, 0.6) is 5.75 Å². The number of imide groups is 2. The quantitative estimate of drug-likeness (QED) is 0.0590. The number of nitrogens with zero attached hydrogens (tertiary/aromatic N) is 2. The van der Waals surface area contributed by atoms with E-state index in [1.54, 1.807) is 0 Å². The number of carbonyl (C=O) groups is 5. The van der Waals surface area contributed by atoms with Crippen LogP contribution < -0.4 is 9.80 Å². The number of phenolic OH excluding ortho intramolecular Hbond substituents is 1. The number of alkyl halides is 2. The van der Waals surface area contributed by atoms with Gasteiger partial charge in [-0.15, -0.1) is 23.2 Å². The van der Waals surface area contributed by atoms with Crippen LogP contribution in [0.4, 0.5) is 33.3 Å². The lowest BCUT2D eigenvalue weighted by Gasteiger charge is -2.50. The standard InChI is InChI=1S/C34H20BrCl2F5N2O6/c1-12(45)13-2-5-15(6-3-13)43-29(47)17-8-7-16-19(21(17)30(43)48)11-33(36)31(49)44(28-26(41)24(39)23(38)25(40)27(28)42)32(50)34(33,37)22(16)18-10-14(35)4-9-20(18)46/h2-7,9-10,17,19,21-22,46H,8,11H2,1H3. The molecule has 6 unspecified atom stereocenters. The molecule has 16 heteroatoms. The summed E-state index contributed by atoms with van der Waals surface area (Å²) in [6.07, 6.45) is 0.743. The van der Waals surface area contributed by atoms with E-state index in [2.05, 4.69) is 15.9 Å². The zero-order valence-corrected chi connectivity index (χ0v) is 28.3. The molecule has 258 valence electrons. The Labute approximate surface area is 297 Å². The topological polar surface area (TPSA) is 112 Å². The highest BCUT2D eigenvalue weighted by Gasteiger charge is 2.77. The molecule has 2 heterocycles. The molecule has 0 bridgehead atoms. The molecule has 3 aromatic rings. The van der Waals surface area contributed by atoms with E-state index in [0.29, 0.717) is 10.0 Å². The second-order valence-electron chi connectivity index (χ2n) is 12.5. The SMILES string of the molecule is CC(=O)c1ccc(N2C(=O)C3CC=C4C(CC5(Cl)C(=O)N(c6c(F)c(F)c(F)c(F)c6F)C(=O)C5(Cl)C4c4cc(Br)ccc4O)C3C2=O)cc1. The number of allylic oxidation sites excluding steroid dienone is 2. The van der Waals surface area contributed by atoms with Gasteiger partial charge in [-0.3, -0.25) is 28.9 Å². The van der Waals surface area contributed by atoms with Crippen molar-refractivity contribution in [1.29, 1.82) is 0 Å². The van der Waals surface area contributed by atoms with E-state index in [1.807, 2.05) is 0 Å². The molecule has 8 nitrogen and oxygen atoms in total. The number of carbonyl (C=O) groups excluding carboxylic acids is 5. The van der Waals surface area contributed by atoms with Gasteiger partial charge in [0.2, 0.25) is 17.6 Å². The van der Waals surface area contributed by atoms with Crippen LogP contribution in [0.2, 0.25) is 0 Å². The normalized spacial score (nSPS) is 28.9. The predicted octanol–water partition coefficient (Wildman–Crippen LogP) is 6.82. The van der Waals surface area contributed by atoms with E-state index >= 15 is 8.78 Å². The summed E-state index contributed by atoms with van der Waals surface area (Å²) in [6, 6.07) is 9.66. The van der Waals surface area contributed by atoms with E-state index in [9.17, 15) is 42.3 Å². The first kappa shape index (κ1) is 34.3. The van der Waals surface area contributed by atoms with E-state index in [-0.39, 0.29) is 33.9 Å². The number of benzene rings is 3. The van der Waals surface area contributed by atoms with E-state index < -0.39 is 104 Å². The van der Waals surface area contributed by atoms with Crippen LogP contribution in [0.25, 0.3) is 0 Å². The molecule has 50 heavy (non-hydrogen) atoms. The first-order valence-electron chi connectivity index (χ1n) is 14.9. The van der Waals surface area contributed by atoms with Gasteiger partial charge in [0, 0.05) is 21.5 Å². The number of hydrogen-bond acceptors (Lipinski definition) is 6. The summed E-state index contributed by atoms with van der Waals surface area (Å²) in [7, 11) is 0. The van der Waals surface area contributed by atoms with E-state index in [1.165, 1.54) is 55.5 Å². The van der Waals surface area contributed by atoms with Crippen molar-refractivity contribution < 1.29 is 51.0 Å². The summed E-state index contributed by atoms with van der Waals surface area (Å²) in [4.78, 5) is 63.5. The highest BCUT2D eigenvalue weighted by Crippen LogP contribution is 2.67. The van der Waals surface area contributed by atoms with Crippen molar-refractivity contribution in [2.45, 2.75) is 35.4 Å². The Morgan fingerprint density at radius 3 is 2.04 bits per heavy atom. The minimum absolute atomic E-state index is 0.0832. The van der Waals surface area contributed by atoms with Crippen LogP contribution in [0.1, 0.15) is 41.6 Å². The Bertz CT molecular complexity index is 2120. The number of ketones is 1. The van der Waals surface area contributed by atoms with Gasteiger partial charge in [0.1, 0.15) is 11.4 Å². The second kappa shape index (κ2) is 11.4. The van der Waals surface area contributed by atoms with Gasteiger partial charge in [0.25, 0.3) is 11.8 Å². The van der Waals surface area contributed by atoms with Gasteiger partial charge >= 0.3 is 0 Å². The minimum Gasteiger partial charge on any atom is -0.508 e. The Balaban J connectivity index is 1.42. The fraction of sp³-hybridized carbons (Fsp3) is 0.265. The van der Waals surface area contributed by atoms with Gasteiger partial charge in [0.05, 0.1) is 17.5 Å². The Hall–Kier alpha value is -4.14. The molecule has 7 rings (SSSR count). The number of anilines is 2. The maximum absolute atomic E-state index is 15.2. The fourth-order valence-electron chi connectivity index (χ4n) is 7.77. The van der Waals surface area contributed by atoms with Gasteiger partial charge in [-0.2, -0.15) is 0 Å². The van der Waals surface area contributed by atoms with Crippen molar-refractivity contribution >= 4 is 79.9 Å². The number of rotatable bonds is 4. The number of aromatic hydroxyl groups is 1. The van der Waals surface area contributed by atoms with Crippen molar-refractivity contribution in [2.24, 2.45) is 17.8 Å². The highest BCUT2D eigenvalue weighted by atomic mass is 79.9. The minimum atomic E-state index is -2.77. The number of fused-ring (bicyclic) bond motifs is 4. The van der Waals surface area contributed by atoms with Crippen molar-refractivity contribution in [3.8, 4) is 5.75 Å². The highest BCUT2D eigenvalue weighted by molar-refractivity contribution is 9.10. The number of amides is 4. The molecular formula is C34H20BrCl2F5N2O6. The van der Waals surface area contributed by atoms with Crippen LogP contribution in [0.3, 0.4) is 0 Å². The Kier molecular flexibility index (Phi) is 7.85. The summed E-state index contributed by atoms with van der Waals surface area (Å²) >= 11 is 17.4. The van der Waals surface area contributed by atoms with Crippen molar-refractivity contribution in [3.63, 3.8) is 0 Å². The molecule has 3 fully saturated rings. The van der Waals surface area contributed by atoms with Gasteiger partial charge in [-0.25, -0.2) is 26.9 Å². The lowest BCUT2D eigenvalue weighted by Crippen LogP contribution is -2.60. The molecular weight excluding hydrogens is 778 g/mol. The van der Waals surface area contributed by atoms with Crippen molar-refractivity contribution in [3.05, 3.63) is 98.8 Å². The lowest BCUT2D eigenvalue weighted by atomic mass is 9.56. The maximum atomic E-state index is 15.2. The second-order valence-corrected chi connectivity index (χ2v) is 14.7. The first-order chi connectivity index (χ1) is 23.5. The molecule has 0 aromatic heterocycles. The zero-order valence-electron chi connectivity index (χ0n) is 25.2. The van der Waals surface area contributed by atoms with Crippen LogP contribution in [0, 0.1) is 46.8 Å². The summed E-state index contributed by atoms with van der Waals surface area (Å²) < 4.78 is 73.5. The third-order valence-electron chi connectivity index (χ3n) is 10.1. The van der Waals surface area contributed by atoms with Crippen LogP contribution in [-0.4, -0.2) is 44.3 Å². The maximum Gasteiger partial charge on any atom is 0.258 e. The number of phenols is 1. The summed E-state index contributed by atoms with van der Waals surface area (Å²) in [6.45, 7) is 1.34. The van der Waals surface area contributed by atoms with Gasteiger partial charge in [-0.1, -0.05) is 27.6 Å². The number of Topliss-reactive ketones (excluding diaryl/α,β-unsaturated/α-hetero) is 1. The van der Waals surface area contributed by atoms with E-state index in [4.69, 9.17) is 23.2 Å². The van der Waals surface area contributed by atoms with E-state index in [0.717, 1.165) is 4.90 Å². The molecule has 1 N–H and O–H groups in total. The molecule has 3 aromatic carbocycles. The largest absolute Gasteiger partial charge is 0.508 e. The third-order valence-corrected chi connectivity index (χ3v) is 12.0. The Morgan fingerprint density at radius 1 is 0.840 bits per heavy atom. The molecule has 1 saturated carbocycles.